The van der Waals surface area contributed by atoms with Gasteiger partial charge in [-0.05, 0) is 19.3 Å². The SMILES string of the molecule is CCOC(=O)[C@@H]1CN(B(C)O)CC1NC(=O)OCc1ccccc1. The molecule has 7 nitrogen and oxygen atoms in total. The minimum absolute atomic E-state index is 0.156. The van der Waals surface area contributed by atoms with Gasteiger partial charge in [0.15, 0.2) is 0 Å². The molecule has 130 valence electrons. The van der Waals surface area contributed by atoms with Crippen LogP contribution in [0.1, 0.15) is 12.5 Å². The smallest absolute Gasteiger partial charge is 0.407 e. The molecule has 0 bridgehead atoms. The van der Waals surface area contributed by atoms with E-state index < -0.39 is 25.1 Å². The summed E-state index contributed by atoms with van der Waals surface area (Å²) in [6, 6.07) is 8.88. The van der Waals surface area contributed by atoms with Gasteiger partial charge in [0.05, 0.1) is 18.6 Å². The molecule has 2 atom stereocenters. The molecular weight excluding hydrogens is 311 g/mol. The molecule has 1 unspecified atom stereocenters. The van der Waals surface area contributed by atoms with Crippen molar-refractivity contribution in [1.29, 1.82) is 0 Å². The number of carbonyl (C=O) groups excluding carboxylic acids is 2. The second kappa shape index (κ2) is 8.70. The Hall–Kier alpha value is -2.06. The van der Waals surface area contributed by atoms with Crippen LogP contribution in [0.2, 0.25) is 6.82 Å². The number of nitrogens with one attached hydrogen (secondary N) is 1. The van der Waals surface area contributed by atoms with E-state index in [1.807, 2.05) is 30.3 Å². The molecular formula is C16H23BN2O5. The van der Waals surface area contributed by atoms with Crippen LogP contribution in [0.5, 0.6) is 0 Å². The molecule has 0 aromatic heterocycles. The molecule has 0 radical (unpaired) electrons. The summed E-state index contributed by atoms with van der Waals surface area (Å²) in [5, 5.41) is 12.4. The van der Waals surface area contributed by atoms with Crippen molar-refractivity contribution in [3.05, 3.63) is 35.9 Å². The Morgan fingerprint density at radius 2 is 2.00 bits per heavy atom. The molecule has 0 spiro atoms. The van der Waals surface area contributed by atoms with Crippen molar-refractivity contribution >= 4 is 19.1 Å². The number of hydrogen-bond donors (Lipinski definition) is 2. The molecule has 2 rings (SSSR count). The Bertz CT molecular complexity index is 555. The van der Waals surface area contributed by atoms with Gasteiger partial charge >= 0.3 is 19.1 Å². The van der Waals surface area contributed by atoms with Gasteiger partial charge in [0.25, 0.3) is 0 Å². The van der Waals surface area contributed by atoms with Crippen molar-refractivity contribution in [3.8, 4) is 0 Å². The average molecular weight is 334 g/mol. The summed E-state index contributed by atoms with van der Waals surface area (Å²) >= 11 is 0. The normalized spacial score (nSPS) is 20.5. The third kappa shape index (κ3) is 4.97. The maximum Gasteiger partial charge on any atom is 0.407 e. The number of nitrogens with zero attached hydrogens (tertiary/aromatic N) is 1. The molecule has 0 saturated carbocycles. The predicted octanol–water partition coefficient (Wildman–Crippen LogP) is 0.887. The van der Waals surface area contributed by atoms with Crippen LogP contribution in [0, 0.1) is 5.92 Å². The van der Waals surface area contributed by atoms with Gasteiger partial charge in [-0.15, -0.1) is 0 Å². The minimum Gasteiger partial charge on any atom is -0.466 e. The largest absolute Gasteiger partial charge is 0.466 e. The van der Waals surface area contributed by atoms with E-state index in [1.54, 1.807) is 18.6 Å². The summed E-state index contributed by atoms with van der Waals surface area (Å²) in [6.45, 7) is 4.48. The van der Waals surface area contributed by atoms with Gasteiger partial charge in [0, 0.05) is 13.1 Å². The molecule has 8 heteroatoms. The van der Waals surface area contributed by atoms with Crippen molar-refractivity contribution < 1.29 is 24.1 Å². The Balaban J connectivity index is 1.91. The standard InChI is InChI=1S/C16H23BN2O5/c1-3-23-15(20)13-9-19(17(2)22)10-14(13)18-16(21)24-11-12-7-5-4-6-8-12/h4-8,13-14,22H,3,9-11H2,1-2H3,(H,18,21)/t13-,14?/m1/s1. The second-order valence-electron chi connectivity index (χ2n) is 5.76. The molecule has 24 heavy (non-hydrogen) atoms. The van der Waals surface area contributed by atoms with Gasteiger partial charge in [0.2, 0.25) is 0 Å². The number of rotatable bonds is 6. The van der Waals surface area contributed by atoms with E-state index in [1.165, 1.54) is 0 Å². The van der Waals surface area contributed by atoms with Crippen molar-refractivity contribution in [2.45, 2.75) is 26.4 Å². The minimum atomic E-state index is -0.700. The highest BCUT2D eigenvalue weighted by Gasteiger charge is 2.41. The fourth-order valence-electron chi connectivity index (χ4n) is 2.69. The quantitative estimate of drug-likeness (QED) is 0.593. The van der Waals surface area contributed by atoms with Crippen LogP contribution < -0.4 is 5.32 Å². The Morgan fingerprint density at radius 3 is 2.62 bits per heavy atom. The zero-order valence-electron chi connectivity index (χ0n) is 14.0. The summed E-state index contributed by atoms with van der Waals surface area (Å²) in [5.41, 5.74) is 0.881. The molecule has 1 aliphatic rings. The Labute approximate surface area is 142 Å². The second-order valence-corrected chi connectivity index (χ2v) is 5.76. The summed E-state index contributed by atoms with van der Waals surface area (Å²) in [7, 11) is -0.700. The van der Waals surface area contributed by atoms with E-state index in [0.29, 0.717) is 13.1 Å². The number of amides is 1. The molecule has 2 N–H and O–H groups in total. The van der Waals surface area contributed by atoms with Gasteiger partial charge in [-0.1, -0.05) is 30.3 Å². The number of benzene rings is 1. The molecule has 1 amide bonds. The van der Waals surface area contributed by atoms with E-state index >= 15 is 0 Å². The lowest BCUT2D eigenvalue weighted by Gasteiger charge is -2.18. The maximum absolute atomic E-state index is 12.1. The summed E-state index contributed by atoms with van der Waals surface area (Å²) in [6.07, 6.45) is -0.592. The summed E-state index contributed by atoms with van der Waals surface area (Å²) in [4.78, 5) is 25.8. The van der Waals surface area contributed by atoms with Crippen LogP contribution in [0.25, 0.3) is 0 Å². The van der Waals surface area contributed by atoms with E-state index in [2.05, 4.69) is 5.32 Å². The molecule has 1 aromatic rings. The zero-order chi connectivity index (χ0) is 17.5. The first-order valence-corrected chi connectivity index (χ1v) is 8.07. The van der Waals surface area contributed by atoms with Crippen LogP contribution >= 0.6 is 0 Å². The first-order valence-electron chi connectivity index (χ1n) is 8.07. The first-order chi connectivity index (χ1) is 11.5. The maximum atomic E-state index is 12.1. The number of ether oxygens (including phenoxy) is 2. The highest BCUT2D eigenvalue weighted by Crippen LogP contribution is 2.19. The highest BCUT2D eigenvalue weighted by atomic mass is 16.5. The third-order valence-corrected chi connectivity index (χ3v) is 3.98. The van der Waals surface area contributed by atoms with Crippen LogP contribution in [-0.4, -0.2) is 54.7 Å². The first kappa shape index (κ1) is 18.3. The summed E-state index contributed by atoms with van der Waals surface area (Å²) in [5.74, 6) is -0.905. The highest BCUT2D eigenvalue weighted by molar-refractivity contribution is 6.45. The van der Waals surface area contributed by atoms with Crippen molar-refractivity contribution in [2.24, 2.45) is 5.92 Å². The number of esters is 1. The van der Waals surface area contributed by atoms with Crippen LogP contribution in [-0.2, 0) is 20.9 Å². The Morgan fingerprint density at radius 1 is 1.29 bits per heavy atom. The van der Waals surface area contributed by atoms with E-state index in [0.717, 1.165) is 5.56 Å². The van der Waals surface area contributed by atoms with E-state index in [4.69, 9.17) is 9.47 Å². The summed E-state index contributed by atoms with van der Waals surface area (Å²) < 4.78 is 10.2. The van der Waals surface area contributed by atoms with Gasteiger partial charge in [-0.25, -0.2) is 4.79 Å². The fraction of sp³-hybridized carbons (Fsp3) is 0.500. The van der Waals surface area contributed by atoms with Crippen molar-refractivity contribution in [3.63, 3.8) is 0 Å². The molecule has 0 aliphatic carbocycles. The molecule has 1 saturated heterocycles. The van der Waals surface area contributed by atoms with E-state index in [-0.39, 0.29) is 19.2 Å². The van der Waals surface area contributed by atoms with Crippen LogP contribution in [0.4, 0.5) is 4.79 Å². The lowest BCUT2D eigenvalue weighted by Crippen LogP contribution is -2.44. The lowest BCUT2D eigenvalue weighted by molar-refractivity contribution is -0.147. The van der Waals surface area contributed by atoms with E-state index in [9.17, 15) is 14.6 Å². The van der Waals surface area contributed by atoms with Crippen LogP contribution in [0.15, 0.2) is 30.3 Å². The molecule has 1 fully saturated rings. The van der Waals surface area contributed by atoms with Crippen molar-refractivity contribution in [1.82, 2.24) is 10.1 Å². The monoisotopic (exact) mass is 334 g/mol. The van der Waals surface area contributed by atoms with Gasteiger partial charge in [0.1, 0.15) is 6.61 Å². The lowest BCUT2D eigenvalue weighted by atomic mass is 9.86. The molecule has 1 aromatic carbocycles. The predicted molar refractivity (Wildman–Crippen MR) is 89.1 cm³/mol. The topological polar surface area (TPSA) is 88.1 Å². The molecule has 1 heterocycles. The third-order valence-electron chi connectivity index (χ3n) is 3.98. The molecule has 1 aliphatic heterocycles. The average Bonchev–Trinajstić information content (AvgIpc) is 2.98. The number of carbonyl (C=O) groups is 2. The van der Waals surface area contributed by atoms with Crippen molar-refractivity contribution in [2.75, 3.05) is 19.7 Å². The van der Waals surface area contributed by atoms with Gasteiger partial charge in [-0.3, -0.25) is 4.79 Å². The zero-order valence-corrected chi connectivity index (χ0v) is 14.0. The number of hydrogen-bond acceptors (Lipinski definition) is 6. The Kier molecular flexibility index (Phi) is 6.63. The van der Waals surface area contributed by atoms with Crippen LogP contribution in [0.3, 0.4) is 0 Å². The number of alkyl carbamates (subject to hydrolysis) is 1. The van der Waals surface area contributed by atoms with Gasteiger partial charge < -0.3 is 24.6 Å². The van der Waals surface area contributed by atoms with Gasteiger partial charge in [-0.2, -0.15) is 0 Å². The fourth-order valence-corrected chi connectivity index (χ4v) is 2.69.